The Kier molecular flexibility index (Phi) is 6.46. The molecule has 1 aliphatic rings. The molecular formula is C24H26F5N3O2S. The summed E-state index contributed by atoms with van der Waals surface area (Å²) in [6.07, 6.45) is -4.08. The maximum absolute atomic E-state index is 14.1. The summed E-state index contributed by atoms with van der Waals surface area (Å²) in [7, 11) is -3.92. The van der Waals surface area contributed by atoms with Crippen molar-refractivity contribution in [1.29, 1.82) is 0 Å². The number of hydrogen-bond donors (Lipinski definition) is 1. The van der Waals surface area contributed by atoms with Crippen LogP contribution in [0, 0.1) is 5.41 Å². The second-order valence-corrected chi connectivity index (χ2v) is 12.1. The third-order valence-corrected chi connectivity index (χ3v) is 7.72. The number of pyridine rings is 1. The van der Waals surface area contributed by atoms with Crippen LogP contribution < -0.4 is 4.72 Å². The van der Waals surface area contributed by atoms with Crippen molar-refractivity contribution in [3.8, 4) is 11.3 Å². The molecule has 35 heavy (non-hydrogen) atoms. The number of aromatic nitrogens is 2. The van der Waals surface area contributed by atoms with Crippen LogP contribution in [0.4, 0.5) is 22.0 Å². The van der Waals surface area contributed by atoms with Gasteiger partial charge in [0.15, 0.2) is 0 Å². The molecule has 0 bridgehead atoms. The van der Waals surface area contributed by atoms with E-state index in [9.17, 15) is 30.4 Å². The summed E-state index contributed by atoms with van der Waals surface area (Å²) in [6, 6.07) is 4.68. The Morgan fingerprint density at radius 3 is 2.40 bits per heavy atom. The minimum absolute atomic E-state index is 0.0760. The van der Waals surface area contributed by atoms with Gasteiger partial charge in [0.1, 0.15) is 6.04 Å². The molecule has 0 spiro atoms. The van der Waals surface area contributed by atoms with Crippen LogP contribution in [0.5, 0.6) is 0 Å². The Bertz CT molecular complexity index is 1340. The summed E-state index contributed by atoms with van der Waals surface area (Å²) in [5, 5.41) is -0.338. The Balaban J connectivity index is 1.88. The molecule has 0 radical (unpaired) electrons. The van der Waals surface area contributed by atoms with E-state index in [0.717, 1.165) is 6.07 Å². The number of alkyl halides is 5. The maximum atomic E-state index is 14.1. The van der Waals surface area contributed by atoms with Gasteiger partial charge in [0, 0.05) is 41.0 Å². The summed E-state index contributed by atoms with van der Waals surface area (Å²) in [6.45, 7) is 6.17. The van der Waals surface area contributed by atoms with Crippen LogP contribution in [0.15, 0.2) is 42.7 Å². The predicted molar refractivity (Wildman–Crippen MR) is 123 cm³/mol. The van der Waals surface area contributed by atoms with Gasteiger partial charge in [-0.25, -0.2) is 21.9 Å². The molecule has 1 saturated carbocycles. The number of sulfonamides is 1. The topological polar surface area (TPSA) is 64.0 Å². The lowest BCUT2D eigenvalue weighted by Crippen LogP contribution is -2.35. The van der Waals surface area contributed by atoms with E-state index in [1.807, 2.05) is 20.8 Å². The summed E-state index contributed by atoms with van der Waals surface area (Å²) in [5.74, 6) is 0. The van der Waals surface area contributed by atoms with Crippen molar-refractivity contribution >= 4 is 20.9 Å². The summed E-state index contributed by atoms with van der Waals surface area (Å²) in [4.78, 5) is 3.93. The minimum Gasteiger partial charge on any atom is -0.347 e. The zero-order valence-electron chi connectivity index (χ0n) is 19.4. The SMILES string of the molecule is CC(C)(C)Cn1cc(C(NS(=O)(=O)C2CC2)C(F)F)c2ccc(-c3ncccc3C(F)(F)F)cc21. The second kappa shape index (κ2) is 8.85. The molecule has 190 valence electrons. The van der Waals surface area contributed by atoms with E-state index in [1.54, 1.807) is 4.57 Å². The fourth-order valence-corrected chi connectivity index (χ4v) is 5.66. The largest absolute Gasteiger partial charge is 0.418 e. The average Bonchev–Trinajstić information content (AvgIpc) is 3.55. The van der Waals surface area contributed by atoms with E-state index in [4.69, 9.17) is 0 Å². The molecule has 3 aromatic rings. The number of fused-ring (bicyclic) bond motifs is 1. The Hall–Kier alpha value is -2.53. The maximum Gasteiger partial charge on any atom is 0.418 e. The van der Waals surface area contributed by atoms with Crippen molar-refractivity contribution in [2.24, 2.45) is 5.41 Å². The van der Waals surface area contributed by atoms with Crippen molar-refractivity contribution in [1.82, 2.24) is 14.3 Å². The molecule has 1 fully saturated rings. The van der Waals surface area contributed by atoms with Crippen molar-refractivity contribution in [2.75, 3.05) is 0 Å². The Morgan fingerprint density at radius 2 is 1.83 bits per heavy atom. The smallest absolute Gasteiger partial charge is 0.347 e. The lowest BCUT2D eigenvalue weighted by Gasteiger charge is -2.20. The molecule has 1 N–H and O–H groups in total. The highest BCUT2D eigenvalue weighted by molar-refractivity contribution is 7.90. The van der Waals surface area contributed by atoms with E-state index in [2.05, 4.69) is 9.71 Å². The second-order valence-electron chi connectivity index (χ2n) is 10.1. The Labute approximate surface area is 200 Å². The van der Waals surface area contributed by atoms with Crippen LogP contribution in [0.3, 0.4) is 0 Å². The van der Waals surface area contributed by atoms with Gasteiger partial charge < -0.3 is 4.57 Å². The predicted octanol–water partition coefficient (Wildman–Crippen LogP) is 6.16. The van der Waals surface area contributed by atoms with Gasteiger partial charge in [-0.2, -0.15) is 13.2 Å². The molecule has 11 heteroatoms. The molecule has 1 aliphatic carbocycles. The number of nitrogens with one attached hydrogen (secondary N) is 1. The summed E-state index contributed by atoms with van der Waals surface area (Å²) < 4.78 is 97.8. The van der Waals surface area contributed by atoms with Crippen LogP contribution >= 0.6 is 0 Å². The molecule has 4 rings (SSSR count). The van der Waals surface area contributed by atoms with Gasteiger partial charge in [0.25, 0.3) is 6.43 Å². The zero-order valence-corrected chi connectivity index (χ0v) is 20.2. The highest BCUT2D eigenvalue weighted by Crippen LogP contribution is 2.39. The minimum atomic E-state index is -4.63. The number of nitrogens with zero attached hydrogens (tertiary/aromatic N) is 2. The van der Waals surface area contributed by atoms with Crippen molar-refractivity contribution in [3.05, 3.63) is 53.9 Å². The third kappa shape index (κ3) is 5.50. The highest BCUT2D eigenvalue weighted by atomic mass is 32.2. The first-order valence-corrected chi connectivity index (χ1v) is 12.7. The number of rotatable bonds is 7. The molecule has 0 saturated heterocycles. The molecule has 2 aromatic heterocycles. The molecular weight excluding hydrogens is 489 g/mol. The van der Waals surface area contributed by atoms with Crippen LogP contribution in [0.2, 0.25) is 0 Å². The van der Waals surface area contributed by atoms with Crippen molar-refractivity contribution in [2.45, 2.75) is 64.1 Å². The number of halogens is 5. The average molecular weight is 516 g/mol. The van der Waals surface area contributed by atoms with Crippen molar-refractivity contribution in [3.63, 3.8) is 0 Å². The van der Waals surface area contributed by atoms with Crippen molar-refractivity contribution < 1.29 is 30.4 Å². The molecule has 1 unspecified atom stereocenters. The van der Waals surface area contributed by atoms with E-state index in [0.29, 0.717) is 30.3 Å². The molecule has 2 heterocycles. The highest BCUT2D eigenvalue weighted by Gasteiger charge is 2.40. The van der Waals surface area contributed by atoms with Crippen LogP contribution in [-0.4, -0.2) is 29.6 Å². The van der Waals surface area contributed by atoms with Gasteiger partial charge in [-0.1, -0.05) is 32.9 Å². The molecule has 5 nitrogen and oxygen atoms in total. The van der Waals surface area contributed by atoms with Gasteiger partial charge in [-0.05, 0) is 36.5 Å². The van der Waals surface area contributed by atoms with Gasteiger partial charge >= 0.3 is 6.18 Å². The van der Waals surface area contributed by atoms with E-state index in [1.165, 1.54) is 36.7 Å². The fraction of sp³-hybridized carbons (Fsp3) is 0.458. The van der Waals surface area contributed by atoms with E-state index in [-0.39, 0.29) is 22.2 Å². The summed E-state index contributed by atoms with van der Waals surface area (Å²) >= 11 is 0. The van der Waals surface area contributed by atoms with Crippen LogP contribution in [0.1, 0.15) is 50.8 Å². The van der Waals surface area contributed by atoms with Gasteiger partial charge in [-0.3, -0.25) is 4.98 Å². The zero-order chi connectivity index (χ0) is 25.8. The normalized spacial score (nSPS) is 16.3. The van der Waals surface area contributed by atoms with Gasteiger partial charge in [0.2, 0.25) is 10.0 Å². The molecule has 0 aliphatic heterocycles. The molecule has 1 atom stereocenters. The van der Waals surface area contributed by atoms with E-state index >= 15 is 0 Å². The first-order valence-electron chi connectivity index (χ1n) is 11.1. The lowest BCUT2D eigenvalue weighted by atomic mass is 9.97. The summed E-state index contributed by atoms with van der Waals surface area (Å²) in [5.41, 5.74) is -0.801. The van der Waals surface area contributed by atoms with Gasteiger partial charge in [0.05, 0.1) is 16.5 Å². The number of benzene rings is 1. The lowest BCUT2D eigenvalue weighted by molar-refractivity contribution is -0.137. The quantitative estimate of drug-likeness (QED) is 0.384. The first-order chi connectivity index (χ1) is 16.2. The third-order valence-electron chi connectivity index (χ3n) is 5.79. The van der Waals surface area contributed by atoms with Gasteiger partial charge in [-0.15, -0.1) is 0 Å². The number of hydrogen-bond acceptors (Lipinski definition) is 3. The molecule has 1 aromatic carbocycles. The van der Waals surface area contributed by atoms with Crippen LogP contribution in [-0.2, 0) is 22.7 Å². The van der Waals surface area contributed by atoms with Crippen LogP contribution in [0.25, 0.3) is 22.2 Å². The standard InChI is InChI=1S/C24H26F5N3O2S/c1-23(2,3)13-32-12-17(21(22(25)26)31-35(33,34)15-7-8-15)16-9-6-14(11-19(16)32)20-18(24(27,28)29)5-4-10-30-20/h4-6,9-12,15,21-22,31H,7-8,13H2,1-3H3. The Morgan fingerprint density at radius 1 is 1.14 bits per heavy atom. The van der Waals surface area contributed by atoms with E-state index < -0.39 is 39.5 Å². The molecule has 0 amide bonds. The monoisotopic (exact) mass is 515 g/mol. The first kappa shape index (κ1) is 25.6. The fourth-order valence-electron chi connectivity index (χ4n) is 4.12.